The molecule has 0 amide bonds. The summed E-state index contributed by atoms with van der Waals surface area (Å²) in [6, 6.07) is 19.8. The summed E-state index contributed by atoms with van der Waals surface area (Å²) in [5.41, 5.74) is 1.20. The minimum Gasteiger partial charge on any atom is -0.493 e. The van der Waals surface area contributed by atoms with Crippen molar-refractivity contribution in [2.24, 2.45) is 20.5 Å². The van der Waals surface area contributed by atoms with Gasteiger partial charge in [-0.2, -0.15) is 10.2 Å². The predicted molar refractivity (Wildman–Crippen MR) is 209 cm³/mol. The van der Waals surface area contributed by atoms with Crippen LogP contribution in [-0.2, 0) is 40.2 Å². The Bertz CT molecular complexity index is 2610. The number of aromatic hydroxyl groups is 2. The van der Waals surface area contributed by atoms with E-state index < -0.39 is 49.6 Å². The smallest absolute Gasteiger partial charge is 0.253 e. The van der Waals surface area contributed by atoms with Crippen LogP contribution in [-0.4, -0.2) is 42.2 Å². The zero-order valence-corrected chi connectivity index (χ0v) is 32.5. The van der Waals surface area contributed by atoms with Gasteiger partial charge < -0.3 is 10.2 Å². The number of nitrogens with one attached hydrogen (secondary N) is 1. The molecule has 0 aliphatic heterocycles. The van der Waals surface area contributed by atoms with Crippen LogP contribution in [0.5, 0.6) is 11.8 Å². The molecule has 2 aromatic heterocycles. The average molecular weight is 788 g/mol. The number of sulfonamides is 1. The maximum absolute atomic E-state index is 14.2. The lowest BCUT2D eigenvalue weighted by Gasteiger charge is -2.18. The zero-order chi connectivity index (χ0) is 40.0. The number of rotatable bonds is 14. The largest absolute Gasteiger partial charge is 0.493 e. The van der Waals surface area contributed by atoms with Crippen LogP contribution in [0, 0.1) is 13.8 Å². The van der Waals surface area contributed by atoms with Crippen LogP contribution in [0.1, 0.15) is 43.9 Å². The van der Waals surface area contributed by atoms with Crippen molar-refractivity contribution in [3.05, 3.63) is 116 Å². The van der Waals surface area contributed by atoms with E-state index >= 15 is 0 Å². The van der Waals surface area contributed by atoms with E-state index in [2.05, 4.69) is 25.2 Å². The molecule has 0 radical (unpaired) electrons. The molecule has 5 aromatic rings. The quantitative estimate of drug-likeness (QED) is 0.0689. The molecule has 3 aromatic carbocycles. The van der Waals surface area contributed by atoms with Gasteiger partial charge in [0, 0.05) is 42.4 Å². The van der Waals surface area contributed by atoms with Crippen molar-refractivity contribution < 1.29 is 27.0 Å². The number of aryl methyl sites for hydroxylation is 3. The van der Waals surface area contributed by atoms with Gasteiger partial charge in [0.25, 0.3) is 11.1 Å². The number of aromatic nitrogens is 2. The Labute approximate surface area is 319 Å². The third-order valence-corrected chi connectivity index (χ3v) is 11.2. The fourth-order valence-corrected chi connectivity index (χ4v) is 8.10. The monoisotopic (exact) mass is 787 g/mol. The van der Waals surface area contributed by atoms with E-state index in [1.165, 1.54) is 48.5 Å². The topological polar surface area (TPSA) is 214 Å². The van der Waals surface area contributed by atoms with Gasteiger partial charge in [0.1, 0.15) is 11.4 Å². The van der Waals surface area contributed by atoms with Crippen LogP contribution < -0.4 is 15.8 Å². The maximum Gasteiger partial charge on any atom is 0.253 e. The number of nitrogens with zero attached hydrogens (tertiary/aromatic N) is 6. The maximum atomic E-state index is 14.2. The molecule has 17 heteroatoms. The second kappa shape index (κ2) is 17.1. The first-order valence-electron chi connectivity index (χ1n) is 17.3. The van der Waals surface area contributed by atoms with Crippen LogP contribution >= 0.6 is 0 Å². The molecule has 1 unspecified atom stereocenters. The van der Waals surface area contributed by atoms with Crippen LogP contribution in [0.15, 0.2) is 119 Å². The number of pyridine rings is 2. The van der Waals surface area contributed by atoms with Gasteiger partial charge in [-0.1, -0.05) is 42.5 Å². The first-order valence-corrected chi connectivity index (χ1v) is 20.0. The van der Waals surface area contributed by atoms with Crippen LogP contribution in [0.25, 0.3) is 11.1 Å². The molecule has 0 saturated carbocycles. The van der Waals surface area contributed by atoms with E-state index in [0.717, 1.165) is 14.7 Å². The molecule has 288 valence electrons. The number of thiol groups is 1. The zero-order valence-electron chi connectivity index (χ0n) is 30.8. The molecular formula is C38H41N7O8S2. The van der Waals surface area contributed by atoms with Gasteiger partial charge in [-0.15, -0.1) is 10.2 Å². The normalized spacial score (nSPS) is 12.6. The third kappa shape index (κ3) is 9.13. The lowest BCUT2D eigenvalue weighted by atomic mass is 10.0. The summed E-state index contributed by atoms with van der Waals surface area (Å²) in [4.78, 5) is 24.0. The second-order valence-electron chi connectivity index (χ2n) is 12.7. The predicted octanol–water partition coefficient (Wildman–Crippen LogP) is 6.85. The molecule has 2 heterocycles. The molecule has 0 bridgehead atoms. The summed E-state index contributed by atoms with van der Waals surface area (Å²) in [6.45, 7) is 8.61. The molecule has 0 aliphatic rings. The highest BCUT2D eigenvalue weighted by Gasteiger charge is 2.25. The highest BCUT2D eigenvalue weighted by molar-refractivity contribution is 7.89. The summed E-state index contributed by atoms with van der Waals surface area (Å²) < 4.78 is 58.7. The summed E-state index contributed by atoms with van der Waals surface area (Å²) >= 11 is 0. The molecule has 3 N–H and O–H groups in total. The summed E-state index contributed by atoms with van der Waals surface area (Å²) in [5, 5.41) is 37.9. The number of azo groups is 2. The summed E-state index contributed by atoms with van der Waals surface area (Å²) in [6.07, 6.45) is 1.06. The second-order valence-corrected chi connectivity index (χ2v) is 15.4. The van der Waals surface area contributed by atoms with Gasteiger partial charge >= 0.3 is 0 Å². The Morgan fingerprint density at radius 2 is 1.24 bits per heavy atom. The Balaban J connectivity index is 1.59. The van der Waals surface area contributed by atoms with Crippen molar-refractivity contribution in [3.63, 3.8) is 0 Å². The van der Waals surface area contributed by atoms with Gasteiger partial charge in [0.15, 0.2) is 10.7 Å². The first kappa shape index (κ1) is 40.4. The lowest BCUT2D eigenvalue weighted by molar-refractivity contribution is 0.412. The van der Waals surface area contributed by atoms with Gasteiger partial charge in [0.2, 0.25) is 21.8 Å². The molecular weight excluding hydrogens is 747 g/mol. The van der Waals surface area contributed by atoms with E-state index in [9.17, 15) is 36.6 Å². The van der Waals surface area contributed by atoms with Crippen molar-refractivity contribution in [1.29, 1.82) is 0 Å². The first-order chi connectivity index (χ1) is 26.1. The Morgan fingerprint density at radius 1 is 0.727 bits per heavy atom. The minimum atomic E-state index is -4.34. The fraction of sp³-hybridized carbons (Fsp3) is 0.263. The highest BCUT2D eigenvalue weighted by Crippen LogP contribution is 2.38. The van der Waals surface area contributed by atoms with Crippen molar-refractivity contribution >= 4 is 43.5 Å². The summed E-state index contributed by atoms with van der Waals surface area (Å²) in [5.74, 6) is -0.786. The van der Waals surface area contributed by atoms with Gasteiger partial charge in [-0.3, -0.25) is 18.7 Å². The van der Waals surface area contributed by atoms with Gasteiger partial charge in [-0.25, -0.2) is 21.6 Å². The molecule has 0 spiro atoms. The summed E-state index contributed by atoms with van der Waals surface area (Å²) in [7, 11) is -7.65. The van der Waals surface area contributed by atoms with E-state index in [1.807, 2.05) is 30.3 Å². The standard InChI is InChI=1S/C38H41N7O8S2/c1-6-44-33(46)19-23(3)35(37(44)48)41-39-27-15-17-29(31(21-27)54(50)51)30-18-16-28(40-42-36-24(4)20-34(47)45(7-2)38(36)49)22-32(30)55(52,53)43-25(5)13-14-26-11-9-8-10-12-26/h8-12,15-22,25,43,48-49,54H,6-7,13-14H2,1-5H3. The van der Waals surface area contributed by atoms with E-state index in [4.69, 9.17) is 0 Å². The SMILES string of the molecule is CCn1c(O)c(N=Nc2ccc(-c3ccc(N=Nc4c(C)cc(=O)n(CC)c4O)cc3S(=O)(=O)NC(C)CCc3ccccc3)c([SH](=O)=O)c2)c(C)cc1=O. The number of benzene rings is 3. The van der Waals surface area contributed by atoms with Gasteiger partial charge in [0.05, 0.1) is 21.2 Å². The highest BCUT2D eigenvalue weighted by atomic mass is 32.2. The molecule has 0 saturated heterocycles. The molecule has 0 aliphatic carbocycles. The van der Waals surface area contributed by atoms with Crippen molar-refractivity contribution in [3.8, 4) is 22.9 Å². The Morgan fingerprint density at radius 3 is 1.75 bits per heavy atom. The number of hydrogen-bond donors (Lipinski definition) is 4. The Hall–Kier alpha value is -5.78. The van der Waals surface area contributed by atoms with Crippen molar-refractivity contribution in [2.45, 2.75) is 76.4 Å². The molecule has 15 nitrogen and oxygen atoms in total. The van der Waals surface area contributed by atoms with E-state index in [1.54, 1.807) is 34.6 Å². The van der Waals surface area contributed by atoms with Crippen molar-refractivity contribution in [1.82, 2.24) is 13.9 Å². The third-order valence-electron chi connectivity index (χ3n) is 8.85. The fourth-order valence-electron chi connectivity index (χ4n) is 5.95. The molecule has 55 heavy (non-hydrogen) atoms. The van der Waals surface area contributed by atoms with E-state index in [0.29, 0.717) is 24.0 Å². The minimum absolute atomic E-state index is 0.0231. The van der Waals surface area contributed by atoms with Crippen LogP contribution in [0.4, 0.5) is 22.7 Å². The van der Waals surface area contributed by atoms with Crippen LogP contribution in [0.3, 0.4) is 0 Å². The van der Waals surface area contributed by atoms with E-state index in [-0.39, 0.29) is 56.8 Å². The van der Waals surface area contributed by atoms with Gasteiger partial charge in [-0.05, 0) is 88.4 Å². The van der Waals surface area contributed by atoms with Crippen molar-refractivity contribution in [2.75, 3.05) is 0 Å². The van der Waals surface area contributed by atoms with Crippen LogP contribution in [0.2, 0.25) is 0 Å². The molecule has 1 atom stereocenters. The lowest BCUT2D eigenvalue weighted by Crippen LogP contribution is -2.33. The molecule has 5 rings (SSSR count). The average Bonchev–Trinajstić information content (AvgIpc) is 3.14. The number of hydrogen-bond acceptors (Lipinski definition) is 12. The Kier molecular flexibility index (Phi) is 12.6. The molecule has 0 fully saturated rings.